The average molecular weight is 222 g/mol. The molecule has 0 spiro atoms. The molecule has 0 unspecified atom stereocenters. The average Bonchev–Trinajstić information content (AvgIpc) is 2.76. The van der Waals surface area contributed by atoms with Crippen LogP contribution >= 0.6 is 11.3 Å². The number of oxazole rings is 1. The van der Waals surface area contributed by atoms with Crippen LogP contribution in [0.1, 0.15) is 16.1 Å². The Balaban J connectivity index is 2.40. The highest BCUT2D eigenvalue weighted by atomic mass is 32.1. The summed E-state index contributed by atoms with van der Waals surface area (Å²) in [7, 11) is 1.91. The summed E-state index contributed by atoms with van der Waals surface area (Å²) in [5.74, 6) is 0.894. The van der Waals surface area contributed by atoms with Crippen LogP contribution in [0.2, 0.25) is 0 Å². The van der Waals surface area contributed by atoms with E-state index in [1.54, 1.807) is 11.3 Å². The molecule has 0 fully saturated rings. The molecule has 2 rings (SSSR count). The molecule has 0 radical (unpaired) electrons. The third-order valence-electron chi connectivity index (χ3n) is 2.38. The molecule has 15 heavy (non-hydrogen) atoms. The molecule has 2 aromatic rings. The van der Waals surface area contributed by atoms with Crippen LogP contribution in [0.25, 0.3) is 10.6 Å². The predicted octanol–water partition coefficient (Wildman–Crippen LogP) is 2.74. The van der Waals surface area contributed by atoms with Crippen LogP contribution in [-0.2, 0) is 6.54 Å². The van der Waals surface area contributed by atoms with Crippen molar-refractivity contribution in [2.75, 3.05) is 7.05 Å². The quantitative estimate of drug-likeness (QED) is 0.867. The van der Waals surface area contributed by atoms with Crippen molar-refractivity contribution in [1.82, 2.24) is 10.3 Å². The highest BCUT2D eigenvalue weighted by molar-refractivity contribution is 7.15. The van der Waals surface area contributed by atoms with Crippen LogP contribution in [0, 0.1) is 13.8 Å². The SMILES string of the molecule is CNCc1ncoc1-c1cc(C)c(C)s1. The second-order valence-corrected chi connectivity index (χ2v) is 4.76. The molecule has 3 nitrogen and oxygen atoms in total. The van der Waals surface area contributed by atoms with Crippen LogP contribution in [0.5, 0.6) is 0 Å². The van der Waals surface area contributed by atoms with Gasteiger partial charge in [0.05, 0.1) is 4.88 Å². The van der Waals surface area contributed by atoms with Gasteiger partial charge in [-0.2, -0.15) is 0 Å². The van der Waals surface area contributed by atoms with Gasteiger partial charge in [-0.25, -0.2) is 4.98 Å². The van der Waals surface area contributed by atoms with Crippen LogP contribution in [0.3, 0.4) is 0 Å². The van der Waals surface area contributed by atoms with Gasteiger partial charge in [0, 0.05) is 11.4 Å². The zero-order valence-electron chi connectivity index (χ0n) is 9.13. The van der Waals surface area contributed by atoms with Crippen molar-refractivity contribution in [3.8, 4) is 10.6 Å². The molecule has 1 N–H and O–H groups in total. The summed E-state index contributed by atoms with van der Waals surface area (Å²) in [5, 5.41) is 3.08. The first-order chi connectivity index (χ1) is 7.22. The van der Waals surface area contributed by atoms with Gasteiger partial charge in [0.1, 0.15) is 5.69 Å². The molecule has 0 aliphatic heterocycles. The Labute approximate surface area is 93.2 Å². The van der Waals surface area contributed by atoms with Gasteiger partial charge in [0.2, 0.25) is 0 Å². The van der Waals surface area contributed by atoms with E-state index >= 15 is 0 Å². The molecule has 80 valence electrons. The summed E-state index contributed by atoms with van der Waals surface area (Å²) in [6, 6.07) is 2.15. The van der Waals surface area contributed by atoms with Crippen molar-refractivity contribution in [2.24, 2.45) is 0 Å². The van der Waals surface area contributed by atoms with Gasteiger partial charge in [-0.1, -0.05) is 0 Å². The fourth-order valence-corrected chi connectivity index (χ4v) is 2.49. The van der Waals surface area contributed by atoms with E-state index in [4.69, 9.17) is 4.42 Å². The Bertz CT molecular complexity index is 439. The largest absolute Gasteiger partial charge is 0.442 e. The Morgan fingerprint density at radius 2 is 2.27 bits per heavy atom. The van der Waals surface area contributed by atoms with E-state index < -0.39 is 0 Å². The standard InChI is InChI=1S/C11H14N2OS/c1-7-4-10(15-8(7)2)11-9(5-12-3)13-6-14-11/h4,6,12H,5H2,1-3H3. The lowest BCUT2D eigenvalue weighted by Gasteiger charge is -1.96. The van der Waals surface area contributed by atoms with Crippen molar-refractivity contribution >= 4 is 11.3 Å². The lowest BCUT2D eigenvalue weighted by atomic mass is 10.2. The van der Waals surface area contributed by atoms with Gasteiger partial charge in [-0.15, -0.1) is 11.3 Å². The Morgan fingerprint density at radius 1 is 1.47 bits per heavy atom. The maximum Gasteiger partial charge on any atom is 0.181 e. The number of nitrogens with zero attached hydrogens (tertiary/aromatic N) is 1. The second-order valence-electron chi connectivity index (χ2n) is 3.51. The Morgan fingerprint density at radius 3 is 2.87 bits per heavy atom. The summed E-state index contributed by atoms with van der Waals surface area (Å²) < 4.78 is 5.43. The molecule has 0 aromatic carbocycles. The van der Waals surface area contributed by atoms with Crippen molar-refractivity contribution in [3.05, 3.63) is 28.6 Å². The molecule has 2 heterocycles. The molecular weight excluding hydrogens is 208 g/mol. The molecule has 4 heteroatoms. The molecule has 0 saturated heterocycles. The van der Waals surface area contributed by atoms with E-state index in [1.807, 2.05) is 7.05 Å². The Kier molecular flexibility index (Phi) is 2.88. The number of aromatic nitrogens is 1. The topological polar surface area (TPSA) is 38.1 Å². The van der Waals surface area contributed by atoms with E-state index in [1.165, 1.54) is 16.8 Å². The van der Waals surface area contributed by atoms with Crippen LogP contribution in [0.4, 0.5) is 0 Å². The zero-order chi connectivity index (χ0) is 10.8. The molecule has 0 aliphatic rings. The predicted molar refractivity (Wildman–Crippen MR) is 62.1 cm³/mol. The van der Waals surface area contributed by atoms with Gasteiger partial charge in [0.25, 0.3) is 0 Å². The van der Waals surface area contributed by atoms with E-state index in [0.717, 1.165) is 22.9 Å². The summed E-state index contributed by atoms with van der Waals surface area (Å²) >= 11 is 1.75. The van der Waals surface area contributed by atoms with Crippen molar-refractivity contribution in [1.29, 1.82) is 0 Å². The lowest BCUT2D eigenvalue weighted by Crippen LogP contribution is -2.05. The maximum atomic E-state index is 5.43. The minimum Gasteiger partial charge on any atom is -0.442 e. The Hall–Kier alpha value is -1.13. The summed E-state index contributed by atoms with van der Waals surface area (Å²) in [5.41, 5.74) is 2.28. The highest BCUT2D eigenvalue weighted by Gasteiger charge is 2.13. The first-order valence-electron chi connectivity index (χ1n) is 4.86. The fourth-order valence-electron chi connectivity index (χ4n) is 1.45. The molecule has 0 aliphatic carbocycles. The van der Waals surface area contributed by atoms with Gasteiger partial charge in [0.15, 0.2) is 12.2 Å². The number of aryl methyl sites for hydroxylation is 2. The van der Waals surface area contributed by atoms with Gasteiger partial charge < -0.3 is 9.73 Å². The molecular formula is C11H14N2OS. The van der Waals surface area contributed by atoms with E-state index in [0.29, 0.717) is 0 Å². The minimum atomic E-state index is 0.738. The molecule has 0 atom stereocenters. The van der Waals surface area contributed by atoms with E-state index in [-0.39, 0.29) is 0 Å². The van der Waals surface area contributed by atoms with Crippen molar-refractivity contribution < 1.29 is 4.42 Å². The maximum absolute atomic E-state index is 5.43. The van der Waals surface area contributed by atoms with Gasteiger partial charge in [-0.05, 0) is 32.5 Å². The molecule has 0 amide bonds. The first-order valence-corrected chi connectivity index (χ1v) is 5.68. The molecule has 0 saturated carbocycles. The first kappa shape index (κ1) is 10.4. The van der Waals surface area contributed by atoms with Crippen LogP contribution < -0.4 is 5.32 Å². The fraction of sp³-hybridized carbons (Fsp3) is 0.364. The van der Waals surface area contributed by atoms with Crippen LogP contribution in [-0.4, -0.2) is 12.0 Å². The lowest BCUT2D eigenvalue weighted by molar-refractivity contribution is 0.571. The highest BCUT2D eigenvalue weighted by Crippen LogP contribution is 2.32. The van der Waals surface area contributed by atoms with E-state index in [2.05, 4.69) is 30.2 Å². The summed E-state index contributed by atoms with van der Waals surface area (Å²) in [6.45, 7) is 4.98. The molecule has 0 bridgehead atoms. The van der Waals surface area contributed by atoms with Gasteiger partial charge in [-0.3, -0.25) is 0 Å². The summed E-state index contributed by atoms with van der Waals surface area (Å²) in [6.07, 6.45) is 1.51. The van der Waals surface area contributed by atoms with Gasteiger partial charge >= 0.3 is 0 Å². The van der Waals surface area contributed by atoms with Crippen molar-refractivity contribution in [3.63, 3.8) is 0 Å². The number of rotatable bonds is 3. The van der Waals surface area contributed by atoms with Crippen LogP contribution in [0.15, 0.2) is 16.9 Å². The third-order valence-corrected chi connectivity index (χ3v) is 3.53. The number of thiophene rings is 1. The minimum absolute atomic E-state index is 0.738. The number of hydrogen-bond donors (Lipinski definition) is 1. The molecule has 2 aromatic heterocycles. The van der Waals surface area contributed by atoms with Crippen molar-refractivity contribution in [2.45, 2.75) is 20.4 Å². The zero-order valence-corrected chi connectivity index (χ0v) is 9.94. The second kappa shape index (κ2) is 4.16. The number of hydrogen-bond acceptors (Lipinski definition) is 4. The normalized spacial score (nSPS) is 10.9. The van der Waals surface area contributed by atoms with E-state index in [9.17, 15) is 0 Å². The smallest absolute Gasteiger partial charge is 0.181 e. The summed E-state index contributed by atoms with van der Waals surface area (Å²) in [4.78, 5) is 6.69. The third kappa shape index (κ3) is 1.96. The monoisotopic (exact) mass is 222 g/mol. The number of nitrogens with one attached hydrogen (secondary N) is 1.